The second-order valence-corrected chi connectivity index (χ2v) is 6.62. The molecule has 0 heterocycles. The van der Waals surface area contributed by atoms with Crippen LogP contribution in [-0.4, -0.2) is 23.4 Å². The summed E-state index contributed by atoms with van der Waals surface area (Å²) >= 11 is 0. The van der Waals surface area contributed by atoms with Crippen LogP contribution in [0.5, 0.6) is 0 Å². The topological polar surface area (TPSA) is 98.5 Å². The lowest BCUT2D eigenvalue weighted by molar-refractivity contribution is -0.384. The molecule has 1 amide bonds. The number of aryl methyl sites for hydroxylation is 3. The van der Waals surface area contributed by atoms with Crippen LogP contribution in [0.1, 0.15) is 39.0 Å². The van der Waals surface area contributed by atoms with Crippen LogP contribution < -0.4 is 5.32 Å². The lowest BCUT2D eigenvalue weighted by Gasteiger charge is -2.11. The fourth-order valence-corrected chi connectivity index (χ4v) is 3.20. The maximum absolute atomic E-state index is 12.2. The van der Waals surface area contributed by atoms with Crippen molar-refractivity contribution < 1.29 is 19.2 Å². The Kier molecular flexibility index (Phi) is 5.21. The molecule has 7 nitrogen and oxygen atoms in total. The van der Waals surface area contributed by atoms with E-state index in [1.165, 1.54) is 11.6 Å². The van der Waals surface area contributed by atoms with Crippen LogP contribution in [-0.2, 0) is 22.4 Å². The molecule has 1 aliphatic rings. The molecule has 0 saturated heterocycles. The second kappa shape index (κ2) is 7.57. The molecule has 0 aliphatic heterocycles. The number of esters is 1. The van der Waals surface area contributed by atoms with Gasteiger partial charge in [-0.25, -0.2) is 4.79 Å². The van der Waals surface area contributed by atoms with E-state index in [1.54, 1.807) is 32.0 Å². The molecule has 27 heavy (non-hydrogen) atoms. The minimum Gasteiger partial charge on any atom is -0.452 e. The molecule has 0 aromatic heterocycles. The molecule has 0 saturated carbocycles. The Balaban J connectivity index is 1.66. The zero-order chi connectivity index (χ0) is 19.6. The van der Waals surface area contributed by atoms with Crippen LogP contribution in [0.25, 0.3) is 0 Å². The highest BCUT2D eigenvalue weighted by Gasteiger charge is 2.20. The maximum Gasteiger partial charge on any atom is 0.338 e. The first-order valence-electron chi connectivity index (χ1n) is 8.70. The van der Waals surface area contributed by atoms with Gasteiger partial charge in [-0.3, -0.25) is 14.9 Å². The van der Waals surface area contributed by atoms with E-state index < -0.39 is 23.4 Å². The zero-order valence-electron chi connectivity index (χ0n) is 15.2. The Morgan fingerprint density at radius 1 is 1.15 bits per heavy atom. The molecule has 0 spiro atoms. The van der Waals surface area contributed by atoms with Crippen molar-refractivity contribution in [3.63, 3.8) is 0 Å². The van der Waals surface area contributed by atoms with Crippen LogP contribution in [0.4, 0.5) is 11.4 Å². The Morgan fingerprint density at radius 2 is 1.89 bits per heavy atom. The number of nitrogens with zero attached hydrogens (tertiary/aromatic N) is 1. The fourth-order valence-electron chi connectivity index (χ4n) is 3.20. The van der Waals surface area contributed by atoms with Crippen molar-refractivity contribution in [1.82, 2.24) is 0 Å². The third-order valence-electron chi connectivity index (χ3n) is 4.84. The first-order chi connectivity index (χ1) is 12.9. The number of benzene rings is 2. The summed E-state index contributed by atoms with van der Waals surface area (Å²) in [5.74, 6) is -1.21. The van der Waals surface area contributed by atoms with Gasteiger partial charge in [-0.15, -0.1) is 0 Å². The summed E-state index contributed by atoms with van der Waals surface area (Å²) in [6.45, 7) is 2.97. The Bertz CT molecular complexity index is 936. The van der Waals surface area contributed by atoms with Crippen molar-refractivity contribution >= 4 is 23.3 Å². The highest BCUT2D eigenvalue weighted by Crippen LogP contribution is 2.30. The van der Waals surface area contributed by atoms with Crippen molar-refractivity contribution in [3.8, 4) is 0 Å². The summed E-state index contributed by atoms with van der Waals surface area (Å²) in [6, 6.07) is 8.38. The molecule has 1 N–H and O–H groups in total. The van der Waals surface area contributed by atoms with Crippen molar-refractivity contribution in [2.24, 2.45) is 0 Å². The van der Waals surface area contributed by atoms with Crippen LogP contribution in [0, 0.1) is 24.0 Å². The molecule has 0 bridgehead atoms. The smallest absolute Gasteiger partial charge is 0.338 e. The third-order valence-corrected chi connectivity index (χ3v) is 4.84. The predicted molar refractivity (Wildman–Crippen MR) is 99.9 cm³/mol. The number of carbonyl (C=O) groups is 2. The summed E-state index contributed by atoms with van der Waals surface area (Å²) in [4.78, 5) is 35.0. The van der Waals surface area contributed by atoms with E-state index in [0.717, 1.165) is 30.4 Å². The van der Waals surface area contributed by atoms with Gasteiger partial charge in [0.05, 0.1) is 10.5 Å². The van der Waals surface area contributed by atoms with Gasteiger partial charge in [0.15, 0.2) is 6.61 Å². The number of nitro groups is 1. The average molecular weight is 368 g/mol. The minimum absolute atomic E-state index is 0.124. The SMILES string of the molecule is Cc1ccc([N+](=O)[O-])c(NC(=O)COC(=O)c2ccc3c(c2)CCC3)c1C. The second-order valence-electron chi connectivity index (χ2n) is 6.62. The van der Waals surface area contributed by atoms with Gasteiger partial charge in [0.2, 0.25) is 0 Å². The van der Waals surface area contributed by atoms with Gasteiger partial charge in [-0.2, -0.15) is 0 Å². The number of ether oxygens (including phenoxy) is 1. The highest BCUT2D eigenvalue weighted by molar-refractivity contribution is 5.97. The minimum atomic E-state index is -0.624. The molecule has 1 aliphatic carbocycles. The third kappa shape index (κ3) is 3.97. The molecule has 0 unspecified atom stereocenters. The van der Waals surface area contributed by atoms with Crippen LogP contribution in [0.2, 0.25) is 0 Å². The Labute approximate surface area is 156 Å². The lowest BCUT2D eigenvalue weighted by atomic mass is 10.1. The normalized spacial score (nSPS) is 12.4. The van der Waals surface area contributed by atoms with E-state index in [-0.39, 0.29) is 11.4 Å². The summed E-state index contributed by atoms with van der Waals surface area (Å²) in [6.07, 6.45) is 3.03. The van der Waals surface area contributed by atoms with Crippen LogP contribution in [0.15, 0.2) is 30.3 Å². The highest BCUT2D eigenvalue weighted by atomic mass is 16.6. The van der Waals surface area contributed by atoms with Crippen LogP contribution in [0.3, 0.4) is 0 Å². The number of hydrogen-bond donors (Lipinski definition) is 1. The number of amides is 1. The number of hydrogen-bond acceptors (Lipinski definition) is 5. The summed E-state index contributed by atoms with van der Waals surface area (Å²) < 4.78 is 5.07. The monoisotopic (exact) mass is 368 g/mol. The van der Waals surface area contributed by atoms with Crippen LogP contribution >= 0.6 is 0 Å². The molecular weight excluding hydrogens is 348 g/mol. The molecular formula is C20H20N2O5. The van der Waals surface area contributed by atoms with Gasteiger partial charge in [0, 0.05) is 6.07 Å². The van der Waals surface area contributed by atoms with E-state index >= 15 is 0 Å². The molecule has 0 radical (unpaired) electrons. The Morgan fingerprint density at radius 3 is 2.63 bits per heavy atom. The molecule has 2 aromatic carbocycles. The Hall–Kier alpha value is -3.22. The summed E-state index contributed by atoms with van der Waals surface area (Å²) in [7, 11) is 0. The van der Waals surface area contributed by atoms with Crippen molar-refractivity contribution in [2.75, 3.05) is 11.9 Å². The maximum atomic E-state index is 12.2. The fraction of sp³-hybridized carbons (Fsp3) is 0.300. The first kappa shape index (κ1) is 18.6. The predicted octanol–water partition coefficient (Wildman–Crippen LogP) is 3.50. The number of rotatable bonds is 5. The molecule has 0 atom stereocenters. The van der Waals surface area contributed by atoms with E-state index in [9.17, 15) is 19.7 Å². The number of fused-ring (bicyclic) bond motifs is 1. The van der Waals surface area contributed by atoms with Gasteiger partial charge in [0.25, 0.3) is 11.6 Å². The number of carbonyl (C=O) groups excluding carboxylic acids is 2. The van der Waals surface area contributed by atoms with Crippen molar-refractivity contribution in [1.29, 1.82) is 0 Å². The quantitative estimate of drug-likeness (QED) is 0.495. The van der Waals surface area contributed by atoms with Crippen molar-refractivity contribution in [3.05, 3.63) is 68.3 Å². The van der Waals surface area contributed by atoms with E-state index in [2.05, 4.69) is 5.32 Å². The molecule has 2 aromatic rings. The van der Waals surface area contributed by atoms with E-state index in [1.807, 2.05) is 6.07 Å². The van der Waals surface area contributed by atoms with Gasteiger partial charge in [-0.05, 0) is 67.5 Å². The molecule has 3 rings (SSSR count). The van der Waals surface area contributed by atoms with Crippen molar-refractivity contribution in [2.45, 2.75) is 33.1 Å². The lowest BCUT2D eigenvalue weighted by Crippen LogP contribution is -2.22. The average Bonchev–Trinajstić information content (AvgIpc) is 3.11. The standard InChI is InChI=1S/C20H20N2O5/c1-12-6-9-17(22(25)26)19(13(12)2)21-18(23)11-27-20(24)16-8-7-14-4-3-5-15(14)10-16/h6-10H,3-5,11H2,1-2H3,(H,21,23). The van der Waals surface area contributed by atoms with Gasteiger partial charge >= 0.3 is 5.97 Å². The number of nitro benzene ring substituents is 1. The summed E-state index contributed by atoms with van der Waals surface area (Å²) in [5, 5.41) is 13.7. The molecule has 140 valence electrons. The number of nitrogens with one attached hydrogen (secondary N) is 1. The number of anilines is 1. The first-order valence-corrected chi connectivity index (χ1v) is 8.70. The van der Waals surface area contributed by atoms with Gasteiger partial charge in [0.1, 0.15) is 5.69 Å². The zero-order valence-corrected chi connectivity index (χ0v) is 15.2. The largest absolute Gasteiger partial charge is 0.452 e. The van der Waals surface area contributed by atoms with E-state index in [4.69, 9.17) is 4.74 Å². The van der Waals surface area contributed by atoms with Gasteiger partial charge < -0.3 is 10.1 Å². The van der Waals surface area contributed by atoms with Gasteiger partial charge in [-0.1, -0.05) is 12.1 Å². The van der Waals surface area contributed by atoms with E-state index in [0.29, 0.717) is 11.1 Å². The molecule has 0 fully saturated rings. The summed E-state index contributed by atoms with van der Waals surface area (Å²) in [5.41, 5.74) is 4.12. The molecule has 7 heteroatoms.